The maximum atomic E-state index is 12.3. The van der Waals surface area contributed by atoms with Crippen molar-refractivity contribution in [2.75, 3.05) is 11.9 Å². The van der Waals surface area contributed by atoms with E-state index in [1.165, 1.54) is 12.1 Å². The summed E-state index contributed by atoms with van der Waals surface area (Å²) in [6, 6.07) is 17.4. The van der Waals surface area contributed by atoms with Crippen molar-refractivity contribution in [3.8, 4) is 5.75 Å². The van der Waals surface area contributed by atoms with E-state index in [4.69, 9.17) is 16.3 Å². The molecule has 1 unspecified atom stereocenters. The molecule has 8 heteroatoms. The maximum Gasteiger partial charge on any atom is 0.240 e. The van der Waals surface area contributed by atoms with Gasteiger partial charge in [-0.3, -0.25) is 4.98 Å². The third kappa shape index (κ3) is 6.45. The highest BCUT2D eigenvalue weighted by Crippen LogP contribution is 2.17. The van der Waals surface area contributed by atoms with Crippen LogP contribution in [0.25, 0.3) is 0 Å². The smallest absolute Gasteiger partial charge is 0.240 e. The van der Waals surface area contributed by atoms with Gasteiger partial charge in [0.15, 0.2) is 6.23 Å². The second-order valence-electron chi connectivity index (χ2n) is 6.39. The van der Waals surface area contributed by atoms with Gasteiger partial charge < -0.3 is 10.1 Å². The van der Waals surface area contributed by atoms with Crippen LogP contribution < -0.4 is 14.8 Å². The Morgan fingerprint density at radius 1 is 1.07 bits per heavy atom. The Bertz CT molecular complexity index is 1030. The van der Waals surface area contributed by atoms with Crippen LogP contribution in [0.3, 0.4) is 0 Å². The number of nitrogens with one attached hydrogen (secondary N) is 2. The molecule has 0 bridgehead atoms. The number of rotatable bonds is 9. The Labute approximate surface area is 176 Å². The molecule has 0 saturated carbocycles. The third-order valence-electron chi connectivity index (χ3n) is 4.09. The Balaban J connectivity index is 1.53. The molecule has 1 heterocycles. The van der Waals surface area contributed by atoms with Gasteiger partial charge in [-0.2, -0.15) is 0 Å². The lowest BCUT2D eigenvalue weighted by Gasteiger charge is -2.17. The molecule has 0 radical (unpaired) electrons. The molecule has 2 N–H and O–H groups in total. The monoisotopic (exact) mass is 431 g/mol. The van der Waals surface area contributed by atoms with Gasteiger partial charge in [0.05, 0.1) is 4.90 Å². The van der Waals surface area contributed by atoms with Crippen LogP contribution in [0.15, 0.2) is 78.0 Å². The molecule has 152 valence electrons. The highest BCUT2D eigenvalue weighted by Gasteiger charge is 2.13. The number of benzene rings is 2. The van der Waals surface area contributed by atoms with Crippen LogP contribution in [0.2, 0.25) is 5.02 Å². The van der Waals surface area contributed by atoms with E-state index in [2.05, 4.69) is 15.0 Å². The quantitative estimate of drug-likeness (QED) is 0.499. The Hall–Kier alpha value is -2.61. The molecule has 1 aromatic heterocycles. The maximum absolute atomic E-state index is 12.3. The minimum absolute atomic E-state index is 0.190. The highest BCUT2D eigenvalue weighted by atomic mass is 35.5. The molecule has 6 nitrogen and oxygen atoms in total. The molecular weight excluding hydrogens is 410 g/mol. The third-order valence-corrected chi connectivity index (χ3v) is 5.82. The van der Waals surface area contributed by atoms with Crippen LogP contribution in [0.4, 0.5) is 5.69 Å². The fraction of sp³-hybridized carbons (Fsp3) is 0.190. The lowest BCUT2D eigenvalue weighted by atomic mass is 10.1. The number of pyridine rings is 1. The molecule has 3 aromatic rings. The fourth-order valence-corrected chi connectivity index (χ4v) is 3.88. The van der Waals surface area contributed by atoms with E-state index in [0.717, 1.165) is 11.3 Å². The number of sulfonamides is 1. The molecule has 1 atom stereocenters. The molecule has 0 fully saturated rings. The minimum atomic E-state index is -3.57. The molecule has 3 rings (SSSR count). The van der Waals surface area contributed by atoms with Crippen LogP contribution in [-0.4, -0.2) is 26.2 Å². The average Bonchev–Trinajstić information content (AvgIpc) is 2.69. The van der Waals surface area contributed by atoms with Crippen molar-refractivity contribution in [1.29, 1.82) is 0 Å². The van der Waals surface area contributed by atoms with Crippen molar-refractivity contribution >= 4 is 27.3 Å². The SMILES string of the molecule is CC(Nc1ccncc1)Oc1cccc(CCNS(=O)(=O)c2ccc(Cl)cc2)c1. The minimum Gasteiger partial charge on any atom is -0.471 e. The zero-order valence-electron chi connectivity index (χ0n) is 15.9. The van der Waals surface area contributed by atoms with Gasteiger partial charge in [-0.1, -0.05) is 23.7 Å². The summed E-state index contributed by atoms with van der Waals surface area (Å²) in [5, 5.41) is 3.73. The standard InChI is InChI=1S/C21H22ClN3O3S/c1-16(25-19-10-12-23-13-11-19)28-20-4-2-3-17(15-20)9-14-24-29(26,27)21-7-5-18(22)6-8-21/h2-8,10-13,15-16,24H,9,14H2,1H3,(H,23,25). The first kappa shape index (κ1) is 21.1. The van der Waals surface area contributed by atoms with Crippen molar-refractivity contribution in [1.82, 2.24) is 9.71 Å². The van der Waals surface area contributed by atoms with E-state index in [9.17, 15) is 8.42 Å². The van der Waals surface area contributed by atoms with Crippen molar-refractivity contribution in [2.45, 2.75) is 24.5 Å². The summed E-state index contributed by atoms with van der Waals surface area (Å²) < 4.78 is 33.2. The lowest BCUT2D eigenvalue weighted by Crippen LogP contribution is -2.26. The molecule has 29 heavy (non-hydrogen) atoms. The first-order valence-electron chi connectivity index (χ1n) is 9.10. The summed E-state index contributed by atoms with van der Waals surface area (Å²) in [5.41, 5.74) is 1.89. The average molecular weight is 432 g/mol. The Morgan fingerprint density at radius 3 is 2.52 bits per heavy atom. The van der Waals surface area contributed by atoms with E-state index in [0.29, 0.717) is 17.2 Å². The number of hydrogen-bond acceptors (Lipinski definition) is 5. The summed E-state index contributed by atoms with van der Waals surface area (Å²) in [6.45, 7) is 2.19. The van der Waals surface area contributed by atoms with Crippen molar-refractivity contribution in [3.63, 3.8) is 0 Å². The van der Waals surface area contributed by atoms with Gasteiger partial charge in [-0.15, -0.1) is 0 Å². The Kier molecular flexibility index (Phi) is 7.09. The highest BCUT2D eigenvalue weighted by molar-refractivity contribution is 7.89. The van der Waals surface area contributed by atoms with Crippen molar-refractivity contribution in [3.05, 3.63) is 83.6 Å². The molecule has 0 aliphatic carbocycles. The molecule has 0 amide bonds. The first-order valence-corrected chi connectivity index (χ1v) is 11.0. The van der Waals surface area contributed by atoms with E-state index >= 15 is 0 Å². The van der Waals surface area contributed by atoms with Gasteiger partial charge >= 0.3 is 0 Å². The molecule has 2 aromatic carbocycles. The van der Waals surface area contributed by atoms with Gasteiger partial charge in [0, 0.05) is 29.6 Å². The van der Waals surface area contributed by atoms with Crippen LogP contribution in [0.1, 0.15) is 12.5 Å². The predicted octanol–water partition coefficient (Wildman–Crippen LogP) is 4.09. The summed E-state index contributed by atoms with van der Waals surface area (Å²) >= 11 is 5.81. The molecule has 0 aliphatic heterocycles. The largest absolute Gasteiger partial charge is 0.471 e. The molecular formula is C21H22ClN3O3S. The second kappa shape index (κ2) is 9.73. The molecule has 0 saturated heterocycles. The van der Waals surface area contributed by atoms with E-state index in [1.807, 2.05) is 43.3 Å². The van der Waals surface area contributed by atoms with Gasteiger partial charge in [0.2, 0.25) is 10.0 Å². The lowest BCUT2D eigenvalue weighted by molar-refractivity contribution is 0.250. The predicted molar refractivity (Wildman–Crippen MR) is 115 cm³/mol. The number of nitrogens with zero attached hydrogens (tertiary/aromatic N) is 1. The van der Waals surface area contributed by atoms with Gasteiger partial charge in [0.25, 0.3) is 0 Å². The number of aromatic nitrogens is 1. The summed E-state index contributed by atoms with van der Waals surface area (Å²) in [4.78, 5) is 4.17. The summed E-state index contributed by atoms with van der Waals surface area (Å²) in [7, 11) is -3.57. The molecule has 0 aliphatic rings. The number of ether oxygens (including phenoxy) is 1. The van der Waals surface area contributed by atoms with Crippen LogP contribution in [-0.2, 0) is 16.4 Å². The number of hydrogen-bond donors (Lipinski definition) is 2. The fourth-order valence-electron chi connectivity index (χ4n) is 2.72. The van der Waals surface area contributed by atoms with E-state index in [1.54, 1.807) is 24.5 Å². The normalized spacial score (nSPS) is 12.3. The number of halogens is 1. The molecule has 0 spiro atoms. The summed E-state index contributed by atoms with van der Waals surface area (Å²) in [5.74, 6) is 0.706. The first-order chi connectivity index (χ1) is 13.9. The zero-order valence-corrected chi connectivity index (χ0v) is 17.5. The van der Waals surface area contributed by atoms with E-state index < -0.39 is 10.0 Å². The summed E-state index contributed by atoms with van der Waals surface area (Å²) in [6.07, 6.45) is 3.72. The zero-order chi connectivity index (χ0) is 20.7. The topological polar surface area (TPSA) is 80.3 Å². The Morgan fingerprint density at radius 2 is 1.79 bits per heavy atom. The van der Waals surface area contributed by atoms with Crippen LogP contribution in [0, 0.1) is 0 Å². The second-order valence-corrected chi connectivity index (χ2v) is 8.59. The van der Waals surface area contributed by atoms with Gasteiger partial charge in [-0.05, 0) is 67.4 Å². The van der Waals surface area contributed by atoms with Gasteiger partial charge in [0.1, 0.15) is 5.75 Å². The van der Waals surface area contributed by atoms with Crippen LogP contribution in [0.5, 0.6) is 5.75 Å². The van der Waals surface area contributed by atoms with Crippen molar-refractivity contribution in [2.24, 2.45) is 0 Å². The van der Waals surface area contributed by atoms with Crippen LogP contribution >= 0.6 is 11.6 Å². The van der Waals surface area contributed by atoms with Crippen molar-refractivity contribution < 1.29 is 13.2 Å². The number of anilines is 1. The van der Waals surface area contributed by atoms with Gasteiger partial charge in [-0.25, -0.2) is 13.1 Å². The van der Waals surface area contributed by atoms with E-state index in [-0.39, 0.29) is 17.7 Å².